The summed E-state index contributed by atoms with van der Waals surface area (Å²) < 4.78 is 12.0. The number of rotatable bonds is 8. The molecule has 1 amide bonds. The number of piperazine rings is 1. The number of methoxy groups -OCH3 is 1. The lowest BCUT2D eigenvalue weighted by Gasteiger charge is -2.35. The molecular formula is C23H29BrN2O3. The maximum atomic E-state index is 13.0. The molecule has 0 aliphatic carbocycles. The average Bonchev–Trinajstić information content (AvgIpc) is 2.77. The van der Waals surface area contributed by atoms with Crippen LogP contribution in [0.2, 0.25) is 0 Å². The van der Waals surface area contributed by atoms with Crippen LogP contribution in [0.25, 0.3) is 0 Å². The number of hydrogen-bond acceptors (Lipinski definition) is 4. The summed E-state index contributed by atoms with van der Waals surface area (Å²) in [5, 5.41) is 0. The van der Waals surface area contributed by atoms with Crippen LogP contribution >= 0.6 is 15.9 Å². The third kappa shape index (κ3) is 5.73. The van der Waals surface area contributed by atoms with Crippen molar-refractivity contribution in [3.63, 3.8) is 0 Å². The second-order valence-corrected chi connectivity index (χ2v) is 8.06. The maximum Gasteiger partial charge on any atom is 0.254 e. The van der Waals surface area contributed by atoms with Crippen LogP contribution < -0.4 is 9.47 Å². The summed E-state index contributed by atoms with van der Waals surface area (Å²) in [5.41, 5.74) is 1.98. The first-order valence-electron chi connectivity index (χ1n) is 10.2. The molecule has 29 heavy (non-hydrogen) atoms. The Kier molecular flexibility index (Phi) is 7.95. The quantitative estimate of drug-likeness (QED) is 0.590. The Labute approximate surface area is 181 Å². The average molecular weight is 461 g/mol. The lowest BCUT2D eigenvalue weighted by Crippen LogP contribution is -2.49. The van der Waals surface area contributed by atoms with E-state index >= 15 is 0 Å². The summed E-state index contributed by atoms with van der Waals surface area (Å²) in [7, 11) is 1.60. The molecule has 1 fully saturated rings. The Hall–Kier alpha value is -2.05. The molecular weight excluding hydrogens is 432 g/mol. The second kappa shape index (κ2) is 10.6. The number of amides is 1. The predicted octanol–water partition coefficient (Wildman–Crippen LogP) is 4.25. The van der Waals surface area contributed by atoms with Crippen molar-refractivity contribution in [2.75, 3.05) is 46.4 Å². The van der Waals surface area contributed by atoms with Crippen molar-refractivity contribution in [3.8, 4) is 11.5 Å². The van der Waals surface area contributed by atoms with Gasteiger partial charge in [-0.15, -0.1) is 0 Å². The van der Waals surface area contributed by atoms with Crippen molar-refractivity contribution in [3.05, 3.63) is 58.1 Å². The molecule has 156 valence electrons. The number of hydrogen-bond donors (Lipinski definition) is 0. The molecule has 2 aromatic carbocycles. The Morgan fingerprint density at radius 1 is 1.10 bits per heavy atom. The number of carbonyl (C=O) groups excluding carboxylic acids is 1. The van der Waals surface area contributed by atoms with Gasteiger partial charge in [0.15, 0.2) is 11.5 Å². The lowest BCUT2D eigenvalue weighted by atomic mass is 10.1. The number of benzene rings is 2. The molecule has 0 aromatic heterocycles. The molecule has 0 unspecified atom stereocenters. The standard InChI is InChI=1S/C23H29BrN2O3/c1-3-15-29-22-20(24)16-19(17-21(22)28-2)23(27)26-13-11-25(12-14-26)10-9-18-7-5-4-6-8-18/h4-8,16-17H,3,9-15H2,1-2H3. The van der Waals surface area contributed by atoms with Crippen molar-refractivity contribution in [1.82, 2.24) is 9.80 Å². The summed E-state index contributed by atoms with van der Waals surface area (Å²) in [6, 6.07) is 14.1. The minimum atomic E-state index is 0.0359. The zero-order chi connectivity index (χ0) is 20.6. The normalized spacial score (nSPS) is 14.7. The van der Waals surface area contributed by atoms with Gasteiger partial charge < -0.3 is 14.4 Å². The first-order chi connectivity index (χ1) is 14.1. The number of carbonyl (C=O) groups is 1. The van der Waals surface area contributed by atoms with Gasteiger partial charge in [-0.25, -0.2) is 0 Å². The molecule has 0 radical (unpaired) electrons. The van der Waals surface area contributed by atoms with Gasteiger partial charge in [0.25, 0.3) is 5.91 Å². The minimum Gasteiger partial charge on any atom is -0.493 e. The lowest BCUT2D eigenvalue weighted by molar-refractivity contribution is 0.0638. The van der Waals surface area contributed by atoms with Crippen molar-refractivity contribution in [2.24, 2.45) is 0 Å². The van der Waals surface area contributed by atoms with Crippen LogP contribution in [0, 0.1) is 0 Å². The van der Waals surface area contributed by atoms with E-state index in [9.17, 15) is 4.79 Å². The molecule has 0 atom stereocenters. The van der Waals surface area contributed by atoms with Gasteiger partial charge >= 0.3 is 0 Å². The van der Waals surface area contributed by atoms with Crippen LogP contribution in [0.15, 0.2) is 46.9 Å². The first-order valence-corrected chi connectivity index (χ1v) is 11.0. The van der Waals surface area contributed by atoms with Crippen LogP contribution in [0.3, 0.4) is 0 Å². The van der Waals surface area contributed by atoms with Crippen molar-refractivity contribution in [1.29, 1.82) is 0 Å². The molecule has 1 aliphatic heterocycles. The molecule has 1 heterocycles. The van der Waals surface area contributed by atoms with Gasteiger partial charge in [0.2, 0.25) is 0 Å². The Balaban J connectivity index is 1.58. The van der Waals surface area contributed by atoms with Gasteiger partial charge in [-0.05, 0) is 46.5 Å². The summed E-state index contributed by atoms with van der Waals surface area (Å²) >= 11 is 3.53. The van der Waals surface area contributed by atoms with E-state index in [2.05, 4.69) is 52.0 Å². The zero-order valence-electron chi connectivity index (χ0n) is 17.2. The third-order valence-electron chi connectivity index (χ3n) is 5.15. The second-order valence-electron chi connectivity index (χ2n) is 7.21. The van der Waals surface area contributed by atoms with Crippen LogP contribution in [0.4, 0.5) is 0 Å². The van der Waals surface area contributed by atoms with E-state index in [1.807, 2.05) is 17.0 Å². The minimum absolute atomic E-state index is 0.0359. The fraction of sp³-hybridized carbons (Fsp3) is 0.435. The van der Waals surface area contributed by atoms with Crippen molar-refractivity contribution in [2.45, 2.75) is 19.8 Å². The zero-order valence-corrected chi connectivity index (χ0v) is 18.8. The monoisotopic (exact) mass is 460 g/mol. The number of halogens is 1. The largest absolute Gasteiger partial charge is 0.493 e. The summed E-state index contributed by atoms with van der Waals surface area (Å²) in [6.07, 6.45) is 1.95. The fourth-order valence-corrected chi connectivity index (χ4v) is 4.03. The highest BCUT2D eigenvalue weighted by atomic mass is 79.9. The van der Waals surface area contributed by atoms with E-state index in [4.69, 9.17) is 9.47 Å². The molecule has 0 N–H and O–H groups in total. The summed E-state index contributed by atoms with van der Waals surface area (Å²) in [5.74, 6) is 1.27. The highest BCUT2D eigenvalue weighted by molar-refractivity contribution is 9.10. The molecule has 0 spiro atoms. The van der Waals surface area contributed by atoms with E-state index in [-0.39, 0.29) is 5.91 Å². The van der Waals surface area contributed by atoms with Crippen LogP contribution in [0.5, 0.6) is 11.5 Å². The SMILES string of the molecule is CCCOc1c(Br)cc(C(=O)N2CCN(CCc3ccccc3)CC2)cc1OC. The highest BCUT2D eigenvalue weighted by Gasteiger charge is 2.24. The smallest absolute Gasteiger partial charge is 0.254 e. The molecule has 1 saturated heterocycles. The summed E-state index contributed by atoms with van der Waals surface area (Å²) in [4.78, 5) is 17.4. The van der Waals surface area contributed by atoms with Crippen LogP contribution in [0.1, 0.15) is 29.3 Å². The van der Waals surface area contributed by atoms with Crippen molar-refractivity contribution < 1.29 is 14.3 Å². The molecule has 0 saturated carbocycles. The molecule has 0 bridgehead atoms. The number of ether oxygens (including phenoxy) is 2. The van der Waals surface area contributed by atoms with E-state index in [0.717, 1.165) is 50.0 Å². The van der Waals surface area contributed by atoms with Gasteiger partial charge in [-0.3, -0.25) is 9.69 Å². The van der Waals surface area contributed by atoms with Gasteiger partial charge in [-0.2, -0.15) is 0 Å². The molecule has 6 heteroatoms. The predicted molar refractivity (Wildman–Crippen MR) is 119 cm³/mol. The van der Waals surface area contributed by atoms with Gasteiger partial charge in [0.05, 0.1) is 18.2 Å². The van der Waals surface area contributed by atoms with Crippen molar-refractivity contribution >= 4 is 21.8 Å². The van der Waals surface area contributed by atoms with Gasteiger partial charge in [0, 0.05) is 38.3 Å². The Bertz CT molecular complexity index is 805. The van der Waals surface area contributed by atoms with Gasteiger partial charge in [0.1, 0.15) is 0 Å². The summed E-state index contributed by atoms with van der Waals surface area (Å²) in [6.45, 7) is 6.95. The fourth-order valence-electron chi connectivity index (χ4n) is 3.48. The first kappa shape index (κ1) is 21.7. The van der Waals surface area contributed by atoms with E-state index in [0.29, 0.717) is 23.7 Å². The number of nitrogens with zero attached hydrogens (tertiary/aromatic N) is 2. The van der Waals surface area contributed by atoms with Crippen LogP contribution in [-0.2, 0) is 6.42 Å². The van der Waals surface area contributed by atoms with Gasteiger partial charge in [-0.1, -0.05) is 37.3 Å². The molecule has 5 nitrogen and oxygen atoms in total. The third-order valence-corrected chi connectivity index (χ3v) is 5.73. The Morgan fingerprint density at radius 2 is 1.83 bits per heavy atom. The van der Waals surface area contributed by atoms with E-state index in [1.54, 1.807) is 13.2 Å². The topological polar surface area (TPSA) is 42.0 Å². The van der Waals surface area contributed by atoms with E-state index < -0.39 is 0 Å². The van der Waals surface area contributed by atoms with Crippen LogP contribution in [-0.4, -0.2) is 62.1 Å². The molecule has 2 aromatic rings. The Morgan fingerprint density at radius 3 is 2.48 bits per heavy atom. The molecule has 3 rings (SSSR count). The maximum absolute atomic E-state index is 13.0. The van der Waals surface area contributed by atoms with E-state index in [1.165, 1.54) is 5.56 Å². The highest BCUT2D eigenvalue weighted by Crippen LogP contribution is 2.37. The molecule has 1 aliphatic rings.